The minimum absolute atomic E-state index is 0.0373. The van der Waals surface area contributed by atoms with Crippen LogP contribution in [-0.4, -0.2) is 24.5 Å². The maximum Gasteiger partial charge on any atom is 0.416 e. The van der Waals surface area contributed by atoms with Gasteiger partial charge in [-0.1, -0.05) is 32.9 Å². The molecular weight excluding hydrogens is 265 g/mol. The maximum absolute atomic E-state index is 12.6. The second-order valence-electron chi connectivity index (χ2n) is 5.35. The van der Waals surface area contributed by atoms with E-state index in [1.807, 2.05) is 6.92 Å². The number of hydrogen-bond donors (Lipinski definition) is 1. The van der Waals surface area contributed by atoms with Gasteiger partial charge in [-0.2, -0.15) is 13.2 Å². The molecule has 1 atom stereocenters. The Labute approximate surface area is 118 Å². The van der Waals surface area contributed by atoms with Crippen molar-refractivity contribution in [2.75, 3.05) is 19.6 Å². The van der Waals surface area contributed by atoms with Crippen LogP contribution in [0.3, 0.4) is 0 Å². The van der Waals surface area contributed by atoms with Gasteiger partial charge >= 0.3 is 6.18 Å². The van der Waals surface area contributed by atoms with Gasteiger partial charge in [-0.05, 0) is 30.2 Å². The van der Waals surface area contributed by atoms with Crippen LogP contribution >= 0.6 is 0 Å². The van der Waals surface area contributed by atoms with E-state index in [-0.39, 0.29) is 6.04 Å². The molecule has 0 radical (unpaired) electrons. The Balaban J connectivity index is 2.94. The minimum Gasteiger partial charge on any atom is -0.329 e. The molecule has 1 aromatic rings. The van der Waals surface area contributed by atoms with Gasteiger partial charge in [0.25, 0.3) is 0 Å². The first kappa shape index (κ1) is 17.0. The van der Waals surface area contributed by atoms with Crippen molar-refractivity contribution in [3.8, 4) is 0 Å². The summed E-state index contributed by atoms with van der Waals surface area (Å²) >= 11 is 0. The largest absolute Gasteiger partial charge is 0.416 e. The van der Waals surface area contributed by atoms with Crippen LogP contribution in [0.1, 0.15) is 37.9 Å². The Kier molecular flexibility index (Phi) is 6.02. The normalized spacial score (nSPS) is 14.1. The first-order valence-corrected chi connectivity index (χ1v) is 6.90. The standard InChI is InChI=1S/C15H23F3N2/c1-4-20(10-11(2)3)14(9-19)12-5-7-13(8-6-12)15(16,17)18/h5-8,11,14H,4,9-10,19H2,1-3H3. The molecule has 0 aliphatic carbocycles. The molecule has 0 aliphatic rings. The number of halogens is 3. The number of benzene rings is 1. The highest BCUT2D eigenvalue weighted by Gasteiger charge is 2.30. The molecule has 114 valence electrons. The SMILES string of the molecule is CCN(CC(C)C)C(CN)c1ccc(C(F)(F)F)cc1. The summed E-state index contributed by atoms with van der Waals surface area (Å²) in [5.74, 6) is 0.485. The van der Waals surface area contributed by atoms with Gasteiger partial charge in [-0.3, -0.25) is 4.90 Å². The zero-order valence-corrected chi connectivity index (χ0v) is 12.2. The van der Waals surface area contributed by atoms with E-state index in [0.717, 1.165) is 30.8 Å². The second kappa shape index (κ2) is 7.09. The van der Waals surface area contributed by atoms with Crippen LogP contribution in [0.25, 0.3) is 0 Å². The van der Waals surface area contributed by atoms with Gasteiger partial charge in [0.2, 0.25) is 0 Å². The van der Waals surface area contributed by atoms with Gasteiger partial charge in [-0.15, -0.1) is 0 Å². The van der Waals surface area contributed by atoms with Gasteiger partial charge < -0.3 is 5.73 Å². The molecule has 0 saturated carbocycles. The summed E-state index contributed by atoms with van der Waals surface area (Å²) in [5.41, 5.74) is 6.03. The molecule has 0 amide bonds. The van der Waals surface area contributed by atoms with Crippen LogP contribution in [0, 0.1) is 5.92 Å². The molecule has 1 unspecified atom stereocenters. The fraction of sp³-hybridized carbons (Fsp3) is 0.600. The molecule has 20 heavy (non-hydrogen) atoms. The predicted molar refractivity (Wildman–Crippen MR) is 75.3 cm³/mol. The lowest BCUT2D eigenvalue weighted by atomic mass is 10.0. The van der Waals surface area contributed by atoms with E-state index < -0.39 is 11.7 Å². The first-order valence-electron chi connectivity index (χ1n) is 6.90. The molecule has 0 spiro atoms. The number of nitrogens with zero attached hydrogens (tertiary/aromatic N) is 1. The summed E-state index contributed by atoms with van der Waals surface area (Å²) in [6.45, 7) is 8.35. The summed E-state index contributed by atoms with van der Waals surface area (Å²) < 4.78 is 37.7. The van der Waals surface area contributed by atoms with E-state index in [0.29, 0.717) is 12.5 Å². The third kappa shape index (κ3) is 4.49. The summed E-state index contributed by atoms with van der Waals surface area (Å²) in [7, 11) is 0. The van der Waals surface area contributed by atoms with Crippen LogP contribution in [-0.2, 0) is 6.18 Å². The fourth-order valence-corrected chi connectivity index (χ4v) is 2.34. The number of hydrogen-bond acceptors (Lipinski definition) is 2. The van der Waals surface area contributed by atoms with E-state index in [2.05, 4.69) is 18.7 Å². The predicted octanol–water partition coefficient (Wildman–Crippen LogP) is 3.68. The molecule has 1 rings (SSSR count). The summed E-state index contributed by atoms with van der Waals surface area (Å²) in [6.07, 6.45) is -4.29. The average Bonchev–Trinajstić information content (AvgIpc) is 2.37. The molecule has 2 nitrogen and oxygen atoms in total. The zero-order valence-electron chi connectivity index (χ0n) is 12.2. The van der Waals surface area contributed by atoms with Crippen molar-refractivity contribution in [1.29, 1.82) is 0 Å². The topological polar surface area (TPSA) is 29.3 Å². The van der Waals surface area contributed by atoms with E-state index in [1.54, 1.807) is 0 Å². The third-order valence-electron chi connectivity index (χ3n) is 3.29. The van der Waals surface area contributed by atoms with Crippen LogP contribution in [0.5, 0.6) is 0 Å². The number of alkyl halides is 3. The molecule has 0 aromatic heterocycles. The molecule has 0 fully saturated rings. The molecule has 5 heteroatoms. The molecule has 1 aromatic carbocycles. The van der Waals surface area contributed by atoms with Crippen molar-refractivity contribution in [3.05, 3.63) is 35.4 Å². The average molecular weight is 288 g/mol. The van der Waals surface area contributed by atoms with Crippen LogP contribution in [0.4, 0.5) is 13.2 Å². The highest BCUT2D eigenvalue weighted by molar-refractivity contribution is 5.27. The molecule has 0 saturated heterocycles. The summed E-state index contributed by atoms with van der Waals surface area (Å²) in [5, 5.41) is 0. The van der Waals surface area contributed by atoms with Crippen molar-refractivity contribution in [3.63, 3.8) is 0 Å². The first-order chi connectivity index (χ1) is 9.29. The Morgan fingerprint density at radius 3 is 2.05 bits per heavy atom. The Bertz CT molecular complexity index is 399. The molecule has 0 bridgehead atoms. The van der Waals surface area contributed by atoms with E-state index in [4.69, 9.17) is 5.73 Å². The molecule has 2 N–H and O–H groups in total. The highest BCUT2D eigenvalue weighted by atomic mass is 19.4. The quantitative estimate of drug-likeness (QED) is 0.865. The molecule has 0 aliphatic heterocycles. The number of nitrogens with two attached hydrogens (primary N) is 1. The van der Waals surface area contributed by atoms with Crippen LogP contribution in [0.2, 0.25) is 0 Å². The van der Waals surface area contributed by atoms with Gasteiger partial charge in [0.05, 0.1) is 5.56 Å². The van der Waals surface area contributed by atoms with Crippen LogP contribution in [0.15, 0.2) is 24.3 Å². The zero-order chi connectivity index (χ0) is 15.3. The number of likely N-dealkylation sites (N-methyl/N-ethyl adjacent to an activating group) is 1. The smallest absolute Gasteiger partial charge is 0.329 e. The highest BCUT2D eigenvalue weighted by Crippen LogP contribution is 2.30. The maximum atomic E-state index is 12.6. The van der Waals surface area contributed by atoms with E-state index in [9.17, 15) is 13.2 Å². The van der Waals surface area contributed by atoms with Crippen LogP contribution < -0.4 is 5.73 Å². The van der Waals surface area contributed by atoms with Crippen molar-refractivity contribution in [2.45, 2.75) is 33.0 Å². The van der Waals surface area contributed by atoms with Crippen molar-refractivity contribution < 1.29 is 13.2 Å². The Hall–Kier alpha value is -1.07. The summed E-state index contributed by atoms with van der Waals surface area (Å²) in [6, 6.07) is 5.28. The van der Waals surface area contributed by atoms with Gasteiger partial charge in [0.15, 0.2) is 0 Å². The van der Waals surface area contributed by atoms with Gasteiger partial charge in [0, 0.05) is 19.1 Å². The third-order valence-corrected chi connectivity index (χ3v) is 3.29. The van der Waals surface area contributed by atoms with Crippen molar-refractivity contribution >= 4 is 0 Å². The van der Waals surface area contributed by atoms with Gasteiger partial charge in [-0.25, -0.2) is 0 Å². The fourth-order valence-electron chi connectivity index (χ4n) is 2.34. The lowest BCUT2D eigenvalue weighted by Crippen LogP contribution is -2.36. The van der Waals surface area contributed by atoms with E-state index >= 15 is 0 Å². The molecular formula is C15H23F3N2. The van der Waals surface area contributed by atoms with Crippen molar-refractivity contribution in [1.82, 2.24) is 4.90 Å². The van der Waals surface area contributed by atoms with E-state index in [1.165, 1.54) is 12.1 Å². The van der Waals surface area contributed by atoms with Gasteiger partial charge in [0.1, 0.15) is 0 Å². The lowest BCUT2D eigenvalue weighted by Gasteiger charge is -2.31. The monoisotopic (exact) mass is 288 g/mol. The minimum atomic E-state index is -4.29. The van der Waals surface area contributed by atoms with Crippen molar-refractivity contribution in [2.24, 2.45) is 11.7 Å². The lowest BCUT2D eigenvalue weighted by molar-refractivity contribution is -0.137. The Morgan fingerprint density at radius 2 is 1.70 bits per heavy atom. The molecule has 0 heterocycles. The summed E-state index contributed by atoms with van der Waals surface area (Å²) in [4.78, 5) is 2.20. The Morgan fingerprint density at radius 1 is 1.15 bits per heavy atom. The second-order valence-corrected chi connectivity index (χ2v) is 5.35. The number of rotatable bonds is 6.